The maximum absolute atomic E-state index is 12.3. The number of amides is 4. The number of nitrogens with zero attached hydrogens (tertiary/aromatic N) is 1. The molecule has 2 unspecified atom stereocenters. The number of primary amides is 1. The summed E-state index contributed by atoms with van der Waals surface area (Å²) in [5, 5.41) is 14.5. The molecule has 0 bridgehead atoms. The van der Waals surface area contributed by atoms with Crippen molar-refractivity contribution in [1.29, 1.82) is 0 Å². The van der Waals surface area contributed by atoms with E-state index in [1.165, 1.54) is 18.7 Å². The molecule has 0 saturated carbocycles. The number of nitrogens with two attached hydrogens (primary N) is 1. The Balaban J connectivity index is 2.85. The molecule has 1 fully saturated rings. The highest BCUT2D eigenvalue weighted by atomic mass is 16.3. The molecule has 0 aromatic rings. The van der Waals surface area contributed by atoms with Crippen LogP contribution in [0.2, 0.25) is 0 Å². The maximum Gasteiger partial charge on any atom is 0.242 e. The fraction of sp³-hybridized carbons (Fsp3) is 0.714. The molecule has 4 atom stereocenters. The SMILES string of the molecule is CC(=O)N1CC(C(=O)N[C@H](C(N)=O)[C@@H](C)O)CC1(C)CNC=O. The number of hydrogen-bond donors (Lipinski definition) is 4. The Labute approximate surface area is 134 Å². The van der Waals surface area contributed by atoms with Crippen LogP contribution < -0.4 is 16.4 Å². The maximum atomic E-state index is 12.3. The Morgan fingerprint density at radius 2 is 2.09 bits per heavy atom. The van der Waals surface area contributed by atoms with Gasteiger partial charge in [-0.1, -0.05) is 0 Å². The topological polar surface area (TPSA) is 142 Å². The molecule has 0 spiro atoms. The number of nitrogens with one attached hydrogen (secondary N) is 2. The molecule has 1 saturated heterocycles. The number of rotatable bonds is 7. The number of aliphatic hydroxyl groups is 1. The van der Waals surface area contributed by atoms with Crippen LogP contribution in [-0.4, -0.2) is 64.9 Å². The van der Waals surface area contributed by atoms with E-state index in [0.717, 1.165) is 0 Å². The molecule has 0 aliphatic carbocycles. The predicted molar refractivity (Wildman–Crippen MR) is 80.8 cm³/mol. The van der Waals surface area contributed by atoms with Crippen LogP contribution in [-0.2, 0) is 19.2 Å². The van der Waals surface area contributed by atoms with Gasteiger partial charge in [-0.25, -0.2) is 0 Å². The minimum absolute atomic E-state index is 0.170. The summed E-state index contributed by atoms with van der Waals surface area (Å²) < 4.78 is 0. The largest absolute Gasteiger partial charge is 0.391 e. The average Bonchev–Trinajstić information content (AvgIpc) is 2.80. The van der Waals surface area contributed by atoms with Crippen LogP contribution in [0.3, 0.4) is 0 Å². The van der Waals surface area contributed by atoms with E-state index in [9.17, 15) is 24.3 Å². The van der Waals surface area contributed by atoms with Crippen LogP contribution in [0.1, 0.15) is 27.2 Å². The lowest BCUT2D eigenvalue weighted by Crippen LogP contribution is -2.52. The lowest BCUT2D eigenvalue weighted by Gasteiger charge is -2.34. The van der Waals surface area contributed by atoms with Crippen LogP contribution in [0.5, 0.6) is 0 Å². The zero-order chi connectivity index (χ0) is 17.8. The number of likely N-dealkylation sites (tertiary alicyclic amines) is 1. The lowest BCUT2D eigenvalue weighted by molar-refractivity contribution is -0.133. The molecule has 9 nitrogen and oxygen atoms in total. The Bertz CT molecular complexity index is 496. The van der Waals surface area contributed by atoms with E-state index in [2.05, 4.69) is 10.6 Å². The van der Waals surface area contributed by atoms with Crippen molar-refractivity contribution in [2.45, 2.75) is 44.9 Å². The summed E-state index contributed by atoms with van der Waals surface area (Å²) in [6, 6.07) is -1.19. The summed E-state index contributed by atoms with van der Waals surface area (Å²) in [7, 11) is 0. The van der Waals surface area contributed by atoms with Crippen molar-refractivity contribution < 1.29 is 24.3 Å². The standard InChI is InChI=1S/C14H24N4O5/c1-8(20)11(12(15)22)17-13(23)10-4-14(3,6-16-7-19)18(5-10)9(2)21/h7-8,10-11,20H,4-6H2,1-3H3,(H2,15,22)(H,16,19)(H,17,23)/t8-,10?,11+,14?/m1/s1. The van der Waals surface area contributed by atoms with Gasteiger partial charge in [-0.15, -0.1) is 0 Å². The van der Waals surface area contributed by atoms with Gasteiger partial charge in [0, 0.05) is 20.0 Å². The van der Waals surface area contributed by atoms with Crippen molar-refractivity contribution >= 4 is 24.1 Å². The van der Waals surface area contributed by atoms with Crippen LogP contribution >= 0.6 is 0 Å². The first-order valence-corrected chi connectivity index (χ1v) is 7.35. The molecule has 0 aromatic heterocycles. The van der Waals surface area contributed by atoms with Crippen molar-refractivity contribution in [3.8, 4) is 0 Å². The van der Waals surface area contributed by atoms with Gasteiger partial charge < -0.3 is 26.4 Å². The molecule has 5 N–H and O–H groups in total. The first-order chi connectivity index (χ1) is 10.6. The highest BCUT2D eigenvalue weighted by molar-refractivity contribution is 5.89. The molecule has 130 valence electrons. The minimum atomic E-state index is -1.19. The zero-order valence-corrected chi connectivity index (χ0v) is 13.5. The van der Waals surface area contributed by atoms with Crippen molar-refractivity contribution in [3.63, 3.8) is 0 Å². The van der Waals surface area contributed by atoms with Gasteiger partial charge in [0.05, 0.1) is 17.6 Å². The predicted octanol–water partition coefficient (Wildman–Crippen LogP) is -2.29. The molecular formula is C14H24N4O5. The Kier molecular flexibility index (Phi) is 6.08. The fourth-order valence-corrected chi connectivity index (χ4v) is 2.96. The first kappa shape index (κ1) is 18.9. The molecular weight excluding hydrogens is 304 g/mol. The lowest BCUT2D eigenvalue weighted by atomic mass is 9.93. The third-order valence-corrected chi connectivity index (χ3v) is 4.14. The smallest absolute Gasteiger partial charge is 0.242 e. The van der Waals surface area contributed by atoms with Crippen LogP contribution in [0.25, 0.3) is 0 Å². The van der Waals surface area contributed by atoms with Gasteiger partial charge in [0.15, 0.2) is 0 Å². The van der Waals surface area contributed by atoms with E-state index < -0.39 is 35.4 Å². The second-order valence-electron chi connectivity index (χ2n) is 6.16. The van der Waals surface area contributed by atoms with Crippen molar-refractivity contribution in [2.75, 3.05) is 13.1 Å². The minimum Gasteiger partial charge on any atom is -0.391 e. The fourth-order valence-electron chi connectivity index (χ4n) is 2.96. The van der Waals surface area contributed by atoms with Gasteiger partial charge in [0.25, 0.3) is 0 Å². The molecule has 1 aliphatic rings. The van der Waals surface area contributed by atoms with Gasteiger partial charge >= 0.3 is 0 Å². The number of aliphatic hydroxyl groups excluding tert-OH is 1. The molecule has 1 heterocycles. The van der Waals surface area contributed by atoms with Crippen molar-refractivity contribution in [2.24, 2.45) is 11.7 Å². The summed E-state index contributed by atoms with van der Waals surface area (Å²) in [6.45, 7) is 4.91. The van der Waals surface area contributed by atoms with Crippen LogP contribution in [0.15, 0.2) is 0 Å². The first-order valence-electron chi connectivity index (χ1n) is 7.35. The van der Waals surface area contributed by atoms with Crippen molar-refractivity contribution in [3.05, 3.63) is 0 Å². The molecule has 0 aromatic carbocycles. The van der Waals surface area contributed by atoms with E-state index in [-0.39, 0.29) is 19.0 Å². The van der Waals surface area contributed by atoms with Gasteiger partial charge in [-0.2, -0.15) is 0 Å². The number of carbonyl (C=O) groups is 4. The van der Waals surface area contributed by atoms with E-state index in [4.69, 9.17) is 5.73 Å². The van der Waals surface area contributed by atoms with Gasteiger partial charge in [0.1, 0.15) is 6.04 Å². The molecule has 23 heavy (non-hydrogen) atoms. The Morgan fingerprint density at radius 3 is 2.52 bits per heavy atom. The van der Waals surface area contributed by atoms with Gasteiger partial charge in [-0.05, 0) is 20.3 Å². The second kappa shape index (κ2) is 7.40. The van der Waals surface area contributed by atoms with E-state index in [1.807, 2.05) is 0 Å². The molecule has 1 rings (SSSR count). The summed E-state index contributed by atoms with van der Waals surface area (Å²) in [6.07, 6.45) is -0.261. The summed E-state index contributed by atoms with van der Waals surface area (Å²) >= 11 is 0. The third kappa shape index (κ3) is 4.41. The van der Waals surface area contributed by atoms with Crippen LogP contribution in [0, 0.1) is 5.92 Å². The molecule has 0 radical (unpaired) electrons. The normalized spacial score (nSPS) is 26.3. The second-order valence-corrected chi connectivity index (χ2v) is 6.16. The average molecular weight is 328 g/mol. The quantitative estimate of drug-likeness (QED) is 0.389. The van der Waals surface area contributed by atoms with Crippen molar-refractivity contribution in [1.82, 2.24) is 15.5 Å². The summed E-state index contributed by atoms with van der Waals surface area (Å²) in [5.74, 6) is -2.06. The molecule has 1 aliphatic heterocycles. The molecule has 9 heteroatoms. The number of hydrogen-bond acceptors (Lipinski definition) is 5. The van der Waals surface area contributed by atoms with E-state index >= 15 is 0 Å². The number of carbonyl (C=O) groups excluding carboxylic acids is 4. The Morgan fingerprint density at radius 1 is 1.48 bits per heavy atom. The van der Waals surface area contributed by atoms with Crippen LogP contribution in [0.4, 0.5) is 0 Å². The van der Waals surface area contributed by atoms with Gasteiger partial charge in [-0.3, -0.25) is 19.2 Å². The monoisotopic (exact) mass is 328 g/mol. The summed E-state index contributed by atoms with van der Waals surface area (Å²) in [4.78, 5) is 47.4. The Hall–Kier alpha value is -2.16. The molecule has 4 amide bonds. The van der Waals surface area contributed by atoms with E-state index in [0.29, 0.717) is 12.8 Å². The highest BCUT2D eigenvalue weighted by Crippen LogP contribution is 2.33. The summed E-state index contributed by atoms with van der Waals surface area (Å²) in [5.41, 5.74) is 4.46. The highest BCUT2D eigenvalue weighted by Gasteiger charge is 2.46. The van der Waals surface area contributed by atoms with Gasteiger partial charge in [0.2, 0.25) is 24.1 Å². The van der Waals surface area contributed by atoms with E-state index in [1.54, 1.807) is 6.92 Å². The third-order valence-electron chi connectivity index (χ3n) is 4.14. The zero-order valence-electron chi connectivity index (χ0n) is 13.5.